The van der Waals surface area contributed by atoms with Crippen LogP contribution < -0.4 is 10.1 Å². The molecule has 0 heterocycles. The molecule has 0 aromatic heterocycles. The summed E-state index contributed by atoms with van der Waals surface area (Å²) < 4.78 is 5.18. The topological polar surface area (TPSA) is 41.5 Å². The highest BCUT2D eigenvalue weighted by Gasteiger charge is 2.23. The number of rotatable bonds is 8. The van der Waals surface area contributed by atoms with Crippen LogP contribution in [0.5, 0.6) is 5.75 Å². The Kier molecular flexibility index (Phi) is 6.50. The van der Waals surface area contributed by atoms with E-state index in [-0.39, 0.29) is 6.04 Å². The highest BCUT2D eigenvalue weighted by Crippen LogP contribution is 2.22. The van der Waals surface area contributed by atoms with Gasteiger partial charge in [-0.2, -0.15) is 0 Å². The van der Waals surface area contributed by atoms with Gasteiger partial charge in [0.15, 0.2) is 0 Å². The maximum atomic E-state index is 10.4. The SMILES string of the molecule is CCC(NCC(C)(O)CC(C)C)c1ccc(OC)cc1. The molecule has 0 aliphatic heterocycles. The van der Waals surface area contributed by atoms with Crippen molar-refractivity contribution in [2.45, 2.75) is 52.2 Å². The highest BCUT2D eigenvalue weighted by atomic mass is 16.5. The molecule has 1 rings (SSSR count). The summed E-state index contributed by atoms with van der Waals surface area (Å²) in [6.45, 7) is 8.93. The highest BCUT2D eigenvalue weighted by molar-refractivity contribution is 5.29. The summed E-state index contributed by atoms with van der Waals surface area (Å²) >= 11 is 0. The number of ether oxygens (including phenoxy) is 1. The Labute approximate surface area is 123 Å². The minimum Gasteiger partial charge on any atom is -0.497 e. The zero-order valence-corrected chi connectivity index (χ0v) is 13.4. The second-order valence-electron chi connectivity index (χ2n) is 6.21. The average Bonchev–Trinajstić information content (AvgIpc) is 2.38. The number of hydrogen-bond donors (Lipinski definition) is 2. The van der Waals surface area contributed by atoms with Crippen LogP contribution in [-0.2, 0) is 0 Å². The van der Waals surface area contributed by atoms with Crippen LogP contribution in [0, 0.1) is 5.92 Å². The fourth-order valence-corrected chi connectivity index (χ4v) is 2.63. The van der Waals surface area contributed by atoms with Crippen molar-refractivity contribution in [3.05, 3.63) is 29.8 Å². The molecule has 3 nitrogen and oxygen atoms in total. The molecule has 0 aliphatic rings. The second kappa shape index (κ2) is 7.65. The van der Waals surface area contributed by atoms with Gasteiger partial charge in [0, 0.05) is 12.6 Å². The van der Waals surface area contributed by atoms with E-state index in [1.165, 1.54) is 5.56 Å². The predicted molar refractivity (Wildman–Crippen MR) is 84.1 cm³/mol. The molecule has 0 radical (unpaired) electrons. The molecule has 2 atom stereocenters. The fraction of sp³-hybridized carbons (Fsp3) is 0.647. The Morgan fingerprint density at radius 1 is 1.25 bits per heavy atom. The van der Waals surface area contributed by atoms with Crippen LogP contribution in [0.2, 0.25) is 0 Å². The van der Waals surface area contributed by atoms with Gasteiger partial charge in [0.2, 0.25) is 0 Å². The molecule has 114 valence electrons. The largest absolute Gasteiger partial charge is 0.497 e. The molecule has 0 saturated carbocycles. The lowest BCUT2D eigenvalue weighted by molar-refractivity contribution is 0.0357. The van der Waals surface area contributed by atoms with Gasteiger partial charge in [-0.1, -0.05) is 32.9 Å². The third kappa shape index (κ3) is 5.51. The number of methoxy groups -OCH3 is 1. The number of aliphatic hydroxyl groups is 1. The van der Waals surface area contributed by atoms with E-state index in [9.17, 15) is 5.11 Å². The molecule has 1 aromatic carbocycles. The number of hydrogen-bond acceptors (Lipinski definition) is 3. The molecular weight excluding hydrogens is 250 g/mol. The monoisotopic (exact) mass is 279 g/mol. The summed E-state index contributed by atoms with van der Waals surface area (Å²) in [6, 6.07) is 8.38. The summed E-state index contributed by atoms with van der Waals surface area (Å²) in [6.07, 6.45) is 1.79. The maximum absolute atomic E-state index is 10.4. The smallest absolute Gasteiger partial charge is 0.118 e. The number of nitrogens with one attached hydrogen (secondary N) is 1. The van der Waals surface area contributed by atoms with E-state index in [4.69, 9.17) is 4.74 Å². The Balaban J connectivity index is 2.62. The van der Waals surface area contributed by atoms with Gasteiger partial charge in [0.1, 0.15) is 5.75 Å². The molecule has 0 spiro atoms. The van der Waals surface area contributed by atoms with E-state index >= 15 is 0 Å². The van der Waals surface area contributed by atoms with Crippen LogP contribution in [0.25, 0.3) is 0 Å². The first-order valence-electron chi connectivity index (χ1n) is 7.47. The Morgan fingerprint density at radius 2 is 1.85 bits per heavy atom. The van der Waals surface area contributed by atoms with Crippen molar-refractivity contribution < 1.29 is 9.84 Å². The molecule has 0 aliphatic carbocycles. The first kappa shape index (κ1) is 17.0. The lowest BCUT2D eigenvalue weighted by Gasteiger charge is -2.28. The van der Waals surface area contributed by atoms with Crippen molar-refractivity contribution in [3.8, 4) is 5.75 Å². The van der Waals surface area contributed by atoms with E-state index in [0.29, 0.717) is 12.5 Å². The predicted octanol–water partition coefficient (Wildman–Crippen LogP) is 3.53. The summed E-state index contributed by atoms with van der Waals surface area (Å²) in [4.78, 5) is 0. The normalized spacial score (nSPS) is 15.9. The van der Waals surface area contributed by atoms with Crippen molar-refractivity contribution in [3.63, 3.8) is 0 Å². The van der Waals surface area contributed by atoms with Gasteiger partial charge in [-0.05, 0) is 43.4 Å². The van der Waals surface area contributed by atoms with Crippen molar-refractivity contribution in [1.82, 2.24) is 5.32 Å². The summed E-state index contributed by atoms with van der Waals surface area (Å²) in [5.74, 6) is 1.36. The van der Waals surface area contributed by atoms with Crippen molar-refractivity contribution in [2.75, 3.05) is 13.7 Å². The maximum Gasteiger partial charge on any atom is 0.118 e. The van der Waals surface area contributed by atoms with Gasteiger partial charge < -0.3 is 15.2 Å². The molecule has 0 amide bonds. The Hall–Kier alpha value is -1.06. The summed E-state index contributed by atoms with van der Waals surface area (Å²) in [7, 11) is 1.67. The van der Waals surface area contributed by atoms with Crippen LogP contribution >= 0.6 is 0 Å². The van der Waals surface area contributed by atoms with E-state index in [1.807, 2.05) is 19.1 Å². The van der Waals surface area contributed by atoms with E-state index < -0.39 is 5.60 Å². The zero-order valence-electron chi connectivity index (χ0n) is 13.4. The van der Waals surface area contributed by atoms with Crippen LogP contribution in [0.1, 0.15) is 52.1 Å². The van der Waals surface area contributed by atoms with Gasteiger partial charge in [-0.25, -0.2) is 0 Å². The molecule has 0 fully saturated rings. The van der Waals surface area contributed by atoms with Crippen LogP contribution in [0.15, 0.2) is 24.3 Å². The number of benzene rings is 1. The van der Waals surface area contributed by atoms with Crippen LogP contribution in [-0.4, -0.2) is 24.4 Å². The summed E-state index contributed by atoms with van der Waals surface area (Å²) in [5.41, 5.74) is 0.572. The lowest BCUT2D eigenvalue weighted by Crippen LogP contribution is -2.40. The van der Waals surface area contributed by atoms with E-state index in [0.717, 1.165) is 18.6 Å². The first-order chi connectivity index (χ1) is 9.38. The second-order valence-corrected chi connectivity index (χ2v) is 6.21. The van der Waals surface area contributed by atoms with Gasteiger partial charge in [-0.15, -0.1) is 0 Å². The molecule has 2 unspecified atom stereocenters. The van der Waals surface area contributed by atoms with Gasteiger partial charge in [0.05, 0.1) is 12.7 Å². The zero-order chi connectivity index (χ0) is 15.2. The van der Waals surface area contributed by atoms with Gasteiger partial charge >= 0.3 is 0 Å². The molecule has 3 heteroatoms. The summed E-state index contributed by atoms with van der Waals surface area (Å²) in [5, 5.41) is 13.9. The standard InChI is InChI=1S/C17H29NO2/c1-6-16(14-7-9-15(20-5)10-8-14)18-12-17(4,19)11-13(2)3/h7-10,13,16,18-19H,6,11-12H2,1-5H3. The minimum atomic E-state index is -0.659. The molecule has 1 aromatic rings. The van der Waals surface area contributed by atoms with Gasteiger partial charge in [0.25, 0.3) is 0 Å². The van der Waals surface area contributed by atoms with E-state index in [2.05, 4.69) is 38.2 Å². The van der Waals surface area contributed by atoms with Crippen molar-refractivity contribution in [1.29, 1.82) is 0 Å². The van der Waals surface area contributed by atoms with Crippen molar-refractivity contribution >= 4 is 0 Å². The lowest BCUT2D eigenvalue weighted by atomic mass is 9.93. The quantitative estimate of drug-likeness (QED) is 0.765. The molecule has 20 heavy (non-hydrogen) atoms. The molecule has 0 bridgehead atoms. The Bertz CT molecular complexity index is 384. The van der Waals surface area contributed by atoms with Crippen LogP contribution in [0.4, 0.5) is 0 Å². The van der Waals surface area contributed by atoms with Gasteiger partial charge in [-0.3, -0.25) is 0 Å². The average molecular weight is 279 g/mol. The fourth-order valence-electron chi connectivity index (χ4n) is 2.63. The van der Waals surface area contributed by atoms with Crippen molar-refractivity contribution in [2.24, 2.45) is 5.92 Å². The third-order valence-electron chi connectivity index (χ3n) is 3.50. The molecule has 0 saturated heterocycles. The Morgan fingerprint density at radius 3 is 2.30 bits per heavy atom. The first-order valence-corrected chi connectivity index (χ1v) is 7.47. The molecular formula is C17H29NO2. The van der Waals surface area contributed by atoms with Crippen LogP contribution in [0.3, 0.4) is 0 Å². The molecule has 2 N–H and O–H groups in total. The minimum absolute atomic E-state index is 0.263. The van der Waals surface area contributed by atoms with E-state index in [1.54, 1.807) is 7.11 Å². The third-order valence-corrected chi connectivity index (χ3v) is 3.50.